The molecule has 2 heterocycles. The molecule has 0 saturated carbocycles. The van der Waals surface area contributed by atoms with E-state index in [4.69, 9.17) is 4.74 Å². The van der Waals surface area contributed by atoms with Crippen molar-refractivity contribution in [2.45, 2.75) is 65.5 Å². The van der Waals surface area contributed by atoms with Gasteiger partial charge in [-0.05, 0) is 71.5 Å². The predicted octanol–water partition coefficient (Wildman–Crippen LogP) is 7.32. The highest BCUT2D eigenvalue weighted by Crippen LogP contribution is 2.49. The van der Waals surface area contributed by atoms with Crippen LogP contribution in [0.3, 0.4) is 0 Å². The number of ether oxygens (including phenoxy) is 1. The average Bonchev–Trinajstić information content (AvgIpc) is 3.01. The summed E-state index contributed by atoms with van der Waals surface area (Å²) in [6.07, 6.45) is 2.72. The maximum absolute atomic E-state index is 13.9. The van der Waals surface area contributed by atoms with Crippen molar-refractivity contribution in [2.75, 3.05) is 7.11 Å². The molecule has 0 saturated heterocycles. The van der Waals surface area contributed by atoms with E-state index in [1.807, 2.05) is 58.0 Å². The molecule has 212 valence electrons. The Morgan fingerprint density at radius 2 is 0.929 bits per heavy atom. The van der Waals surface area contributed by atoms with Gasteiger partial charge in [0.05, 0.1) is 12.7 Å². The van der Waals surface area contributed by atoms with Crippen LogP contribution >= 0.6 is 0 Å². The average molecular weight is 561 g/mol. The van der Waals surface area contributed by atoms with E-state index in [1.165, 1.54) is 9.80 Å². The molecule has 0 radical (unpaired) electrons. The van der Waals surface area contributed by atoms with Crippen LogP contribution in [0.25, 0.3) is 43.1 Å². The molecule has 2 aliphatic rings. The number of imide groups is 2. The Morgan fingerprint density at radius 1 is 0.524 bits per heavy atom. The van der Waals surface area contributed by atoms with Gasteiger partial charge in [0.2, 0.25) is 0 Å². The molecule has 0 aromatic heterocycles. The van der Waals surface area contributed by atoms with Gasteiger partial charge in [0.25, 0.3) is 23.6 Å². The van der Waals surface area contributed by atoms with Crippen molar-refractivity contribution in [3.63, 3.8) is 0 Å². The van der Waals surface area contributed by atoms with Gasteiger partial charge < -0.3 is 4.74 Å². The first-order valence-electron chi connectivity index (χ1n) is 14.9. The number of benzene rings is 5. The van der Waals surface area contributed by atoms with Crippen LogP contribution in [0.5, 0.6) is 5.75 Å². The minimum atomic E-state index is -0.308. The third-order valence-corrected chi connectivity index (χ3v) is 9.60. The van der Waals surface area contributed by atoms with Crippen LogP contribution in [-0.4, -0.2) is 52.6 Å². The number of methoxy groups -OCH3 is 1. The zero-order valence-corrected chi connectivity index (χ0v) is 24.5. The summed E-state index contributed by atoms with van der Waals surface area (Å²) in [6.45, 7) is 7.95. The minimum Gasteiger partial charge on any atom is -0.496 e. The van der Waals surface area contributed by atoms with Crippen LogP contribution in [0.15, 0.2) is 42.5 Å². The molecule has 5 aromatic carbocycles. The van der Waals surface area contributed by atoms with Crippen molar-refractivity contribution in [1.82, 2.24) is 9.80 Å². The van der Waals surface area contributed by atoms with E-state index in [1.54, 1.807) is 19.2 Å². The molecular formula is C35H32N2O5. The Morgan fingerprint density at radius 3 is 1.38 bits per heavy atom. The number of nitrogens with zero attached hydrogens (tertiary/aromatic N) is 2. The standard InChI is InChI=1S/C35H32N2O5/c1-6-17(7-2)36-32(38)22-13-10-19-20-11-14-24-29-25(35(41)37(34(24)40)18(8-3)9-4)16-26(42-5)30(31(20)29)21-12-15-23(33(36)39)28(22)27(19)21/h10-18H,6-9H2,1-5H3. The van der Waals surface area contributed by atoms with Gasteiger partial charge in [-0.3, -0.25) is 29.0 Å². The second-order valence-corrected chi connectivity index (χ2v) is 11.4. The normalized spacial score (nSPS) is 15.2. The van der Waals surface area contributed by atoms with E-state index in [0.29, 0.717) is 64.5 Å². The fraction of sp³-hybridized carbons (Fsp3) is 0.314. The summed E-state index contributed by atoms with van der Waals surface area (Å²) in [5.41, 5.74) is 1.97. The summed E-state index contributed by atoms with van der Waals surface area (Å²) in [7, 11) is 1.58. The quantitative estimate of drug-likeness (QED) is 0.118. The number of carbonyl (C=O) groups is 4. The molecule has 0 atom stereocenters. The van der Waals surface area contributed by atoms with E-state index < -0.39 is 0 Å². The fourth-order valence-electron chi connectivity index (χ4n) is 7.50. The molecule has 4 amide bonds. The molecule has 0 unspecified atom stereocenters. The Balaban J connectivity index is 1.61. The first-order chi connectivity index (χ1) is 20.3. The maximum Gasteiger partial charge on any atom is 0.261 e. The lowest BCUT2D eigenvalue weighted by Gasteiger charge is -2.34. The number of hydrogen-bond donors (Lipinski definition) is 0. The maximum atomic E-state index is 13.9. The highest BCUT2D eigenvalue weighted by molar-refractivity contribution is 6.42. The molecule has 7 nitrogen and oxygen atoms in total. The third-order valence-electron chi connectivity index (χ3n) is 9.60. The molecule has 7 heteroatoms. The Kier molecular flexibility index (Phi) is 5.81. The zero-order chi connectivity index (χ0) is 29.6. The van der Waals surface area contributed by atoms with Crippen molar-refractivity contribution in [2.24, 2.45) is 0 Å². The predicted molar refractivity (Wildman–Crippen MR) is 164 cm³/mol. The number of hydrogen-bond acceptors (Lipinski definition) is 5. The van der Waals surface area contributed by atoms with E-state index in [2.05, 4.69) is 0 Å². The van der Waals surface area contributed by atoms with E-state index in [9.17, 15) is 19.2 Å². The zero-order valence-electron chi connectivity index (χ0n) is 24.5. The van der Waals surface area contributed by atoms with Crippen LogP contribution < -0.4 is 4.74 Å². The molecule has 5 aromatic rings. The molecule has 7 rings (SSSR count). The first kappa shape index (κ1) is 26.4. The van der Waals surface area contributed by atoms with Crippen molar-refractivity contribution in [1.29, 1.82) is 0 Å². The van der Waals surface area contributed by atoms with Gasteiger partial charge >= 0.3 is 0 Å². The summed E-state index contributed by atoms with van der Waals surface area (Å²) in [5.74, 6) is -0.618. The van der Waals surface area contributed by atoms with Gasteiger partial charge in [0, 0.05) is 50.3 Å². The van der Waals surface area contributed by atoms with Gasteiger partial charge in [-0.25, -0.2) is 0 Å². The van der Waals surface area contributed by atoms with Crippen molar-refractivity contribution in [3.8, 4) is 5.75 Å². The van der Waals surface area contributed by atoms with Crippen molar-refractivity contribution < 1.29 is 23.9 Å². The Labute approximate surface area is 243 Å². The summed E-state index contributed by atoms with van der Waals surface area (Å²) >= 11 is 0. The number of fused-ring (bicyclic) bond motifs is 2. The molecule has 2 aliphatic heterocycles. The SMILES string of the molecule is CCC(CC)N1C(=O)c2ccc3c4ccc5c6c(cc(OC)c(c7ccc(c2c37)C1=O)c64)C(=O)N(C(CC)CC)C5=O. The largest absolute Gasteiger partial charge is 0.496 e. The second kappa shape index (κ2) is 9.24. The first-order valence-corrected chi connectivity index (χ1v) is 14.9. The fourth-order valence-corrected chi connectivity index (χ4v) is 7.50. The number of carbonyl (C=O) groups excluding carboxylic acids is 4. The van der Waals surface area contributed by atoms with Crippen LogP contribution in [0, 0.1) is 0 Å². The van der Waals surface area contributed by atoms with Crippen LogP contribution in [0.4, 0.5) is 0 Å². The lowest BCUT2D eigenvalue weighted by atomic mass is 9.81. The van der Waals surface area contributed by atoms with Gasteiger partial charge in [-0.2, -0.15) is 0 Å². The Bertz CT molecular complexity index is 2000. The molecule has 0 bridgehead atoms. The highest BCUT2D eigenvalue weighted by atomic mass is 16.5. The van der Waals surface area contributed by atoms with E-state index in [0.717, 1.165) is 32.3 Å². The lowest BCUT2D eigenvalue weighted by Crippen LogP contribution is -2.46. The smallest absolute Gasteiger partial charge is 0.261 e. The Hall–Kier alpha value is -4.52. The van der Waals surface area contributed by atoms with Gasteiger partial charge in [0.1, 0.15) is 5.75 Å². The monoisotopic (exact) mass is 560 g/mol. The van der Waals surface area contributed by atoms with Crippen molar-refractivity contribution >= 4 is 66.7 Å². The lowest BCUT2D eigenvalue weighted by molar-refractivity contribution is 0.0514. The number of rotatable bonds is 7. The highest BCUT2D eigenvalue weighted by Gasteiger charge is 2.40. The summed E-state index contributed by atoms with van der Waals surface area (Å²) in [5, 5.41) is 6.18. The van der Waals surface area contributed by atoms with E-state index >= 15 is 0 Å². The van der Waals surface area contributed by atoms with Gasteiger partial charge in [-0.1, -0.05) is 45.9 Å². The topological polar surface area (TPSA) is 84.0 Å². The third kappa shape index (κ3) is 3.11. The molecule has 0 aliphatic carbocycles. The van der Waals surface area contributed by atoms with Gasteiger partial charge in [0.15, 0.2) is 0 Å². The number of amides is 4. The molecule has 0 N–H and O–H groups in total. The molecule has 0 spiro atoms. The van der Waals surface area contributed by atoms with Crippen molar-refractivity contribution in [3.05, 3.63) is 64.7 Å². The summed E-state index contributed by atoms with van der Waals surface area (Å²) in [4.78, 5) is 58.2. The second-order valence-electron chi connectivity index (χ2n) is 11.4. The van der Waals surface area contributed by atoms with Crippen LogP contribution in [0.2, 0.25) is 0 Å². The minimum absolute atomic E-state index is 0.174. The van der Waals surface area contributed by atoms with E-state index in [-0.39, 0.29) is 35.7 Å². The summed E-state index contributed by atoms with van der Waals surface area (Å²) in [6, 6.07) is 12.6. The molecule has 0 fully saturated rings. The van der Waals surface area contributed by atoms with Gasteiger partial charge in [-0.15, -0.1) is 0 Å². The van der Waals surface area contributed by atoms with Crippen LogP contribution in [0.1, 0.15) is 94.8 Å². The molecule has 42 heavy (non-hydrogen) atoms. The van der Waals surface area contributed by atoms with Crippen LogP contribution in [-0.2, 0) is 0 Å². The molecular weight excluding hydrogens is 528 g/mol. The summed E-state index contributed by atoms with van der Waals surface area (Å²) < 4.78 is 5.93.